The minimum Gasteiger partial charge on any atom is -0.353 e. The van der Waals surface area contributed by atoms with Crippen molar-refractivity contribution in [1.29, 1.82) is 0 Å². The van der Waals surface area contributed by atoms with Gasteiger partial charge in [0.25, 0.3) is 0 Å². The van der Waals surface area contributed by atoms with Gasteiger partial charge in [0.05, 0.1) is 0 Å². The minimum atomic E-state index is 0.203. The molecule has 0 bridgehead atoms. The van der Waals surface area contributed by atoms with E-state index in [0.29, 0.717) is 6.04 Å². The van der Waals surface area contributed by atoms with Crippen LogP contribution in [0, 0.1) is 5.92 Å². The monoisotopic (exact) mass is 239 g/mol. The zero-order chi connectivity index (χ0) is 12.5. The summed E-state index contributed by atoms with van der Waals surface area (Å²) in [5, 5.41) is 3.22. The number of rotatable bonds is 7. The number of carbonyl (C=O) groups excluding carboxylic acids is 1. The van der Waals surface area contributed by atoms with Crippen molar-refractivity contribution in [3.05, 3.63) is 0 Å². The summed E-state index contributed by atoms with van der Waals surface area (Å²) in [5.74, 6) is 0.488. The highest BCUT2D eigenvalue weighted by molar-refractivity contribution is 5.78. The molecular formula is C15H29NO. The van der Waals surface area contributed by atoms with Gasteiger partial charge in [-0.3, -0.25) is 4.79 Å². The normalized spacial score (nSPS) is 18.9. The third-order valence-electron chi connectivity index (χ3n) is 3.89. The first kappa shape index (κ1) is 14.5. The molecule has 1 unspecified atom stereocenters. The van der Waals surface area contributed by atoms with Crippen molar-refractivity contribution < 1.29 is 4.79 Å². The molecule has 1 fully saturated rings. The Kier molecular flexibility index (Phi) is 7.30. The van der Waals surface area contributed by atoms with Crippen LogP contribution in [-0.2, 0) is 4.79 Å². The Labute approximate surface area is 107 Å². The summed E-state index contributed by atoms with van der Waals surface area (Å²) in [6, 6.07) is 0.467. The predicted octanol–water partition coefficient (Wildman–Crippen LogP) is 4.04. The van der Waals surface area contributed by atoms with E-state index in [4.69, 9.17) is 0 Å². The molecule has 1 amide bonds. The Balaban J connectivity index is 2.12. The van der Waals surface area contributed by atoms with Crippen LogP contribution in [0.5, 0.6) is 0 Å². The average Bonchev–Trinajstić information content (AvgIpc) is 2.35. The molecular weight excluding hydrogens is 210 g/mol. The first-order chi connectivity index (χ1) is 8.24. The van der Waals surface area contributed by atoms with E-state index in [0.717, 1.165) is 6.42 Å². The second-order valence-corrected chi connectivity index (χ2v) is 5.59. The Morgan fingerprint density at radius 1 is 1.18 bits per heavy atom. The lowest BCUT2D eigenvalue weighted by Gasteiger charge is -2.24. The van der Waals surface area contributed by atoms with Crippen LogP contribution < -0.4 is 5.32 Å². The Morgan fingerprint density at radius 3 is 2.53 bits per heavy atom. The van der Waals surface area contributed by atoms with Crippen LogP contribution >= 0.6 is 0 Å². The standard InChI is InChI=1S/C15H29NO/c1-3-4-5-7-10-13(2)15(17)16-14-11-8-6-9-12-14/h13-14H,3-12H2,1-2H3,(H,16,17). The molecule has 0 aliphatic heterocycles. The summed E-state index contributed by atoms with van der Waals surface area (Å²) in [4.78, 5) is 12.0. The highest BCUT2D eigenvalue weighted by Crippen LogP contribution is 2.18. The molecule has 1 aliphatic carbocycles. The maximum absolute atomic E-state index is 12.0. The van der Waals surface area contributed by atoms with Gasteiger partial charge in [-0.1, -0.05) is 58.8 Å². The molecule has 0 saturated heterocycles. The van der Waals surface area contributed by atoms with Crippen LogP contribution in [0.25, 0.3) is 0 Å². The topological polar surface area (TPSA) is 29.1 Å². The van der Waals surface area contributed by atoms with Crippen LogP contribution in [-0.4, -0.2) is 11.9 Å². The van der Waals surface area contributed by atoms with Crippen molar-refractivity contribution in [1.82, 2.24) is 5.32 Å². The molecule has 1 atom stereocenters. The van der Waals surface area contributed by atoms with Gasteiger partial charge in [-0.15, -0.1) is 0 Å². The van der Waals surface area contributed by atoms with Gasteiger partial charge in [0.1, 0.15) is 0 Å². The van der Waals surface area contributed by atoms with Gasteiger partial charge in [0.15, 0.2) is 0 Å². The summed E-state index contributed by atoms with van der Waals surface area (Å²) in [5.41, 5.74) is 0. The molecule has 0 spiro atoms. The van der Waals surface area contributed by atoms with E-state index >= 15 is 0 Å². The molecule has 1 aliphatic rings. The van der Waals surface area contributed by atoms with Gasteiger partial charge < -0.3 is 5.32 Å². The molecule has 2 heteroatoms. The van der Waals surface area contributed by atoms with Crippen molar-refractivity contribution in [3.8, 4) is 0 Å². The van der Waals surface area contributed by atoms with Gasteiger partial charge in [-0.25, -0.2) is 0 Å². The molecule has 0 aromatic carbocycles. The molecule has 1 N–H and O–H groups in total. The van der Waals surface area contributed by atoms with Gasteiger partial charge in [-0.05, 0) is 19.3 Å². The van der Waals surface area contributed by atoms with Crippen molar-refractivity contribution in [2.75, 3.05) is 0 Å². The largest absolute Gasteiger partial charge is 0.353 e. The summed E-state index contributed by atoms with van der Waals surface area (Å²) >= 11 is 0. The van der Waals surface area contributed by atoms with Gasteiger partial charge in [0, 0.05) is 12.0 Å². The summed E-state index contributed by atoms with van der Waals surface area (Å²) in [6.07, 6.45) is 12.4. The third kappa shape index (κ3) is 6.09. The zero-order valence-electron chi connectivity index (χ0n) is 11.6. The van der Waals surface area contributed by atoms with Gasteiger partial charge >= 0.3 is 0 Å². The Hall–Kier alpha value is -0.530. The van der Waals surface area contributed by atoms with Crippen LogP contribution in [0.15, 0.2) is 0 Å². The fourth-order valence-corrected chi connectivity index (χ4v) is 2.60. The predicted molar refractivity (Wildman–Crippen MR) is 72.9 cm³/mol. The maximum Gasteiger partial charge on any atom is 0.223 e. The highest BCUT2D eigenvalue weighted by Gasteiger charge is 2.18. The van der Waals surface area contributed by atoms with E-state index in [1.54, 1.807) is 0 Å². The lowest BCUT2D eigenvalue weighted by molar-refractivity contribution is -0.125. The summed E-state index contributed by atoms with van der Waals surface area (Å²) in [7, 11) is 0. The number of nitrogens with one attached hydrogen (secondary N) is 1. The lowest BCUT2D eigenvalue weighted by Crippen LogP contribution is -2.39. The van der Waals surface area contributed by atoms with E-state index in [9.17, 15) is 4.79 Å². The first-order valence-corrected chi connectivity index (χ1v) is 7.54. The smallest absolute Gasteiger partial charge is 0.223 e. The molecule has 100 valence electrons. The van der Waals surface area contributed by atoms with Gasteiger partial charge in [-0.2, -0.15) is 0 Å². The number of unbranched alkanes of at least 4 members (excludes halogenated alkanes) is 3. The molecule has 0 heterocycles. The maximum atomic E-state index is 12.0. The fraction of sp³-hybridized carbons (Fsp3) is 0.933. The first-order valence-electron chi connectivity index (χ1n) is 7.54. The van der Waals surface area contributed by atoms with Crippen LogP contribution in [0.3, 0.4) is 0 Å². The van der Waals surface area contributed by atoms with E-state index in [2.05, 4.69) is 19.2 Å². The van der Waals surface area contributed by atoms with Crippen molar-refractivity contribution >= 4 is 5.91 Å². The Morgan fingerprint density at radius 2 is 1.88 bits per heavy atom. The van der Waals surface area contributed by atoms with E-state index in [1.165, 1.54) is 57.8 Å². The molecule has 17 heavy (non-hydrogen) atoms. The average molecular weight is 239 g/mol. The quantitative estimate of drug-likeness (QED) is 0.667. The molecule has 0 aromatic heterocycles. The number of hydrogen-bond donors (Lipinski definition) is 1. The summed E-state index contributed by atoms with van der Waals surface area (Å²) in [6.45, 7) is 4.29. The number of amides is 1. The summed E-state index contributed by atoms with van der Waals surface area (Å²) < 4.78 is 0. The van der Waals surface area contributed by atoms with Crippen molar-refractivity contribution in [3.63, 3.8) is 0 Å². The second kappa shape index (κ2) is 8.54. The number of carbonyl (C=O) groups is 1. The van der Waals surface area contributed by atoms with E-state index in [-0.39, 0.29) is 11.8 Å². The molecule has 2 nitrogen and oxygen atoms in total. The van der Waals surface area contributed by atoms with E-state index in [1.807, 2.05) is 0 Å². The van der Waals surface area contributed by atoms with E-state index < -0.39 is 0 Å². The second-order valence-electron chi connectivity index (χ2n) is 5.59. The van der Waals surface area contributed by atoms with Crippen LogP contribution in [0.4, 0.5) is 0 Å². The molecule has 1 rings (SSSR count). The highest BCUT2D eigenvalue weighted by atomic mass is 16.1. The van der Waals surface area contributed by atoms with Crippen LogP contribution in [0.2, 0.25) is 0 Å². The number of hydrogen-bond acceptors (Lipinski definition) is 1. The zero-order valence-corrected chi connectivity index (χ0v) is 11.6. The third-order valence-corrected chi connectivity index (χ3v) is 3.89. The molecule has 0 aromatic rings. The fourth-order valence-electron chi connectivity index (χ4n) is 2.60. The molecule has 1 saturated carbocycles. The van der Waals surface area contributed by atoms with Crippen molar-refractivity contribution in [2.24, 2.45) is 5.92 Å². The SMILES string of the molecule is CCCCCCC(C)C(=O)NC1CCCCC1. The Bertz CT molecular complexity index is 209. The van der Waals surface area contributed by atoms with Crippen molar-refractivity contribution in [2.45, 2.75) is 84.1 Å². The lowest BCUT2D eigenvalue weighted by atomic mass is 9.94. The minimum absolute atomic E-state index is 0.203. The molecule has 0 radical (unpaired) electrons. The van der Waals surface area contributed by atoms with Crippen LogP contribution in [0.1, 0.15) is 78.1 Å². The van der Waals surface area contributed by atoms with Gasteiger partial charge in [0.2, 0.25) is 5.91 Å².